The van der Waals surface area contributed by atoms with E-state index in [-0.39, 0.29) is 0 Å². The largest absolute Gasteiger partial charge is 0.306 e. The lowest BCUT2D eigenvalue weighted by molar-refractivity contribution is -0.670. The van der Waals surface area contributed by atoms with Crippen LogP contribution >= 0.6 is 0 Å². The molecule has 0 saturated heterocycles. The summed E-state index contributed by atoms with van der Waals surface area (Å²) in [6.45, 7) is 0.946. The van der Waals surface area contributed by atoms with Crippen LogP contribution in [0.25, 0.3) is 11.5 Å². The maximum absolute atomic E-state index is 4.32. The van der Waals surface area contributed by atoms with Crippen LogP contribution in [0.3, 0.4) is 0 Å². The van der Waals surface area contributed by atoms with Gasteiger partial charge in [-0.2, -0.15) is 0 Å². The van der Waals surface area contributed by atoms with Gasteiger partial charge in [-0.3, -0.25) is 0 Å². The quantitative estimate of drug-likeness (QED) is 0.480. The van der Waals surface area contributed by atoms with Crippen molar-refractivity contribution in [2.24, 2.45) is 0 Å². The van der Waals surface area contributed by atoms with Crippen LogP contribution in [-0.4, -0.2) is 9.97 Å². The van der Waals surface area contributed by atoms with Crippen LogP contribution in [-0.2, 0) is 6.54 Å². The minimum Gasteiger partial charge on any atom is -0.248 e. The first-order chi connectivity index (χ1) is 5.95. The van der Waals surface area contributed by atoms with Crippen molar-refractivity contribution in [2.45, 2.75) is 6.54 Å². The summed E-state index contributed by atoms with van der Waals surface area (Å²) in [5.41, 5.74) is 2.38. The highest BCUT2D eigenvalue weighted by Gasteiger charge is 2.25. The number of aromatic amines is 1. The predicted octanol–water partition coefficient (Wildman–Crippen LogP) is 0.726. The van der Waals surface area contributed by atoms with Crippen LogP contribution in [0.15, 0.2) is 30.7 Å². The van der Waals surface area contributed by atoms with Crippen LogP contribution < -0.4 is 4.57 Å². The minimum absolute atomic E-state index is 0.946. The van der Waals surface area contributed by atoms with Gasteiger partial charge in [-0.05, 0) is 6.07 Å². The molecule has 3 heteroatoms. The van der Waals surface area contributed by atoms with Crippen molar-refractivity contribution in [3.8, 4) is 11.5 Å². The van der Waals surface area contributed by atoms with Gasteiger partial charge in [0.2, 0.25) is 0 Å². The van der Waals surface area contributed by atoms with Crippen molar-refractivity contribution in [3.05, 3.63) is 36.3 Å². The van der Waals surface area contributed by atoms with Gasteiger partial charge in [-0.25, -0.2) is 14.5 Å². The Morgan fingerprint density at radius 2 is 2.50 bits per heavy atom. The molecule has 0 spiro atoms. The van der Waals surface area contributed by atoms with E-state index in [1.807, 2.05) is 24.7 Å². The van der Waals surface area contributed by atoms with E-state index in [1.54, 1.807) is 0 Å². The lowest BCUT2D eigenvalue weighted by atomic mass is 10.2. The van der Waals surface area contributed by atoms with Crippen molar-refractivity contribution in [1.29, 1.82) is 0 Å². The molecule has 1 N–H and O–H groups in total. The molecule has 2 aromatic rings. The number of pyridine rings is 1. The Balaban J connectivity index is 2.34. The molecule has 0 unspecified atom stereocenters. The van der Waals surface area contributed by atoms with Gasteiger partial charge < -0.3 is 0 Å². The summed E-state index contributed by atoms with van der Waals surface area (Å²) in [4.78, 5) is 7.49. The third-order valence-electron chi connectivity index (χ3n) is 2.22. The SMILES string of the molecule is c1cnc2c(c1)C[n+]1cc[nH]c1-2. The monoisotopic (exact) mass is 158 g/mol. The molecular formula is C9H8N3+. The van der Waals surface area contributed by atoms with E-state index in [4.69, 9.17) is 0 Å². The van der Waals surface area contributed by atoms with E-state index in [1.165, 1.54) is 5.56 Å². The van der Waals surface area contributed by atoms with E-state index < -0.39 is 0 Å². The molecule has 2 aromatic heterocycles. The number of rotatable bonds is 0. The number of imidazole rings is 1. The maximum Gasteiger partial charge on any atom is 0.306 e. The summed E-state index contributed by atoms with van der Waals surface area (Å²) in [5, 5.41) is 0. The van der Waals surface area contributed by atoms with Crippen molar-refractivity contribution in [2.75, 3.05) is 0 Å². The Hall–Kier alpha value is -1.64. The highest BCUT2D eigenvalue weighted by molar-refractivity contribution is 5.53. The van der Waals surface area contributed by atoms with Crippen LogP contribution in [0, 0.1) is 0 Å². The summed E-state index contributed by atoms with van der Waals surface area (Å²) in [6, 6.07) is 4.09. The van der Waals surface area contributed by atoms with Gasteiger partial charge in [0, 0.05) is 11.8 Å². The first-order valence-electron chi connectivity index (χ1n) is 3.96. The number of nitrogens with zero attached hydrogens (tertiary/aromatic N) is 2. The van der Waals surface area contributed by atoms with Crippen LogP contribution in [0.1, 0.15) is 5.56 Å². The fourth-order valence-electron chi connectivity index (χ4n) is 1.66. The number of fused-ring (bicyclic) bond motifs is 3. The fraction of sp³-hybridized carbons (Fsp3) is 0.111. The molecule has 12 heavy (non-hydrogen) atoms. The number of hydrogen-bond acceptors (Lipinski definition) is 1. The van der Waals surface area contributed by atoms with Crippen molar-refractivity contribution < 1.29 is 4.57 Å². The highest BCUT2D eigenvalue weighted by atomic mass is 15.1. The summed E-state index contributed by atoms with van der Waals surface area (Å²) in [6.07, 6.45) is 5.80. The average Bonchev–Trinajstić information content (AvgIpc) is 2.62. The molecule has 58 valence electrons. The molecule has 0 radical (unpaired) electrons. The van der Waals surface area contributed by atoms with Gasteiger partial charge in [0.1, 0.15) is 18.9 Å². The maximum atomic E-state index is 4.32. The van der Waals surface area contributed by atoms with Crippen molar-refractivity contribution in [3.63, 3.8) is 0 Å². The molecule has 1 aliphatic heterocycles. The molecule has 0 aromatic carbocycles. The van der Waals surface area contributed by atoms with Gasteiger partial charge in [-0.15, -0.1) is 0 Å². The molecule has 0 amide bonds. The topological polar surface area (TPSA) is 32.6 Å². The third-order valence-corrected chi connectivity index (χ3v) is 2.22. The molecule has 3 rings (SSSR count). The molecule has 3 heterocycles. The second-order valence-electron chi connectivity index (χ2n) is 2.95. The lowest BCUT2D eigenvalue weighted by Gasteiger charge is -1.89. The zero-order valence-corrected chi connectivity index (χ0v) is 6.49. The normalized spacial score (nSPS) is 12.7. The summed E-state index contributed by atoms with van der Waals surface area (Å²) in [7, 11) is 0. The summed E-state index contributed by atoms with van der Waals surface area (Å²) < 4.78 is 2.16. The lowest BCUT2D eigenvalue weighted by Crippen LogP contribution is -2.29. The van der Waals surface area contributed by atoms with E-state index in [0.29, 0.717) is 0 Å². The van der Waals surface area contributed by atoms with E-state index in [2.05, 4.69) is 20.6 Å². The fourth-order valence-corrected chi connectivity index (χ4v) is 1.66. The molecule has 0 bridgehead atoms. The Labute approximate surface area is 69.7 Å². The van der Waals surface area contributed by atoms with E-state index in [0.717, 1.165) is 18.1 Å². The number of aromatic nitrogens is 3. The van der Waals surface area contributed by atoms with Crippen molar-refractivity contribution >= 4 is 0 Å². The van der Waals surface area contributed by atoms with Gasteiger partial charge in [0.05, 0.1) is 0 Å². The molecule has 0 fully saturated rings. The average molecular weight is 158 g/mol. The third kappa shape index (κ3) is 0.605. The standard InChI is InChI=1S/C9H7N3/c1-2-7-6-12-5-4-11-9(12)8(7)10-3-1/h1-5H,6H2/p+1. The zero-order valence-electron chi connectivity index (χ0n) is 6.49. The predicted molar refractivity (Wildman–Crippen MR) is 43.3 cm³/mol. The molecule has 0 aliphatic carbocycles. The zero-order chi connectivity index (χ0) is 7.97. The number of hydrogen-bond donors (Lipinski definition) is 1. The number of nitrogens with one attached hydrogen (secondary N) is 1. The van der Waals surface area contributed by atoms with Gasteiger partial charge in [0.25, 0.3) is 0 Å². The Kier molecular flexibility index (Phi) is 0.961. The summed E-state index contributed by atoms with van der Waals surface area (Å²) >= 11 is 0. The minimum atomic E-state index is 0.946. The molecule has 0 saturated carbocycles. The summed E-state index contributed by atoms with van der Waals surface area (Å²) in [5.74, 6) is 1.12. The van der Waals surface area contributed by atoms with Gasteiger partial charge in [0.15, 0.2) is 5.69 Å². The van der Waals surface area contributed by atoms with Crippen LogP contribution in [0.2, 0.25) is 0 Å². The van der Waals surface area contributed by atoms with Gasteiger partial charge >= 0.3 is 5.82 Å². The Morgan fingerprint density at radius 3 is 3.50 bits per heavy atom. The highest BCUT2D eigenvalue weighted by Crippen LogP contribution is 2.20. The Morgan fingerprint density at radius 1 is 1.50 bits per heavy atom. The smallest absolute Gasteiger partial charge is 0.248 e. The molecule has 1 aliphatic rings. The van der Waals surface area contributed by atoms with Gasteiger partial charge in [-0.1, -0.05) is 6.07 Å². The van der Waals surface area contributed by atoms with Crippen LogP contribution in [0.5, 0.6) is 0 Å². The molecule has 0 atom stereocenters. The van der Waals surface area contributed by atoms with Crippen LogP contribution in [0.4, 0.5) is 0 Å². The Bertz CT molecular complexity index is 431. The second kappa shape index (κ2) is 1.94. The first-order valence-corrected chi connectivity index (χ1v) is 3.96. The molecular weight excluding hydrogens is 150 g/mol. The number of H-pyrrole nitrogens is 1. The second-order valence-corrected chi connectivity index (χ2v) is 2.95. The molecule has 3 nitrogen and oxygen atoms in total. The van der Waals surface area contributed by atoms with Crippen molar-refractivity contribution in [1.82, 2.24) is 9.97 Å². The first kappa shape index (κ1) is 5.94. The van der Waals surface area contributed by atoms with E-state index >= 15 is 0 Å². The van der Waals surface area contributed by atoms with E-state index in [9.17, 15) is 0 Å².